The fraction of sp³-hybridized carbons (Fsp3) is 0.625. The summed E-state index contributed by atoms with van der Waals surface area (Å²) in [6.45, 7) is 11.3. The van der Waals surface area contributed by atoms with Crippen LogP contribution in [0.4, 0.5) is 0 Å². The van der Waals surface area contributed by atoms with E-state index >= 15 is 0 Å². The Morgan fingerprint density at radius 3 is 2.25 bits per heavy atom. The molecule has 0 aliphatic carbocycles. The molecule has 1 nitrogen and oxygen atoms in total. The second-order valence-electron chi connectivity index (χ2n) is 6.21. The van der Waals surface area contributed by atoms with Gasteiger partial charge in [-0.15, -0.1) is 11.6 Å². The zero-order valence-electron chi connectivity index (χ0n) is 12.8. The molecule has 1 aromatic rings. The zero-order chi connectivity index (χ0) is 15.5. The molecule has 0 saturated carbocycles. The highest BCUT2D eigenvalue weighted by Gasteiger charge is 2.25. The predicted molar refractivity (Wildman–Crippen MR) is 89.5 cm³/mol. The van der Waals surface area contributed by atoms with Crippen molar-refractivity contribution in [1.82, 2.24) is 0 Å². The van der Waals surface area contributed by atoms with Crippen molar-refractivity contribution in [3.63, 3.8) is 0 Å². The Labute approximate surface area is 137 Å². The van der Waals surface area contributed by atoms with E-state index in [2.05, 4.69) is 27.7 Å². The van der Waals surface area contributed by atoms with Crippen molar-refractivity contribution < 1.29 is 4.74 Å². The first-order valence-electron chi connectivity index (χ1n) is 6.92. The van der Waals surface area contributed by atoms with E-state index in [1.807, 2.05) is 13.0 Å². The molecule has 0 saturated heterocycles. The van der Waals surface area contributed by atoms with Gasteiger partial charge in [0.2, 0.25) is 0 Å². The molecule has 0 heterocycles. The molecule has 0 bridgehead atoms. The number of hydrogen-bond donors (Lipinski definition) is 0. The Balaban J connectivity index is 2.94. The van der Waals surface area contributed by atoms with Crippen LogP contribution < -0.4 is 4.74 Å². The Hall–Kier alpha value is -0.110. The van der Waals surface area contributed by atoms with E-state index in [9.17, 15) is 0 Å². The predicted octanol–water partition coefficient (Wildman–Crippen LogP) is 6.74. The minimum atomic E-state index is -0.148. The number of alkyl halides is 1. The van der Waals surface area contributed by atoms with Crippen LogP contribution in [0, 0.1) is 11.3 Å². The smallest absolute Gasteiger partial charge is 0.139 e. The number of benzene rings is 1. The van der Waals surface area contributed by atoms with E-state index in [1.165, 1.54) is 0 Å². The Morgan fingerprint density at radius 1 is 1.15 bits per heavy atom. The van der Waals surface area contributed by atoms with Crippen molar-refractivity contribution >= 4 is 34.8 Å². The summed E-state index contributed by atoms with van der Waals surface area (Å²) in [5.41, 5.74) is 1.09. The first-order valence-corrected chi connectivity index (χ1v) is 8.11. The molecular weight excluding hydrogens is 315 g/mol. The van der Waals surface area contributed by atoms with Gasteiger partial charge < -0.3 is 4.74 Å². The van der Waals surface area contributed by atoms with Crippen molar-refractivity contribution in [3.8, 4) is 5.75 Å². The quantitative estimate of drug-likeness (QED) is 0.540. The molecule has 0 N–H and O–H groups in total. The van der Waals surface area contributed by atoms with E-state index in [-0.39, 0.29) is 10.8 Å². The van der Waals surface area contributed by atoms with Gasteiger partial charge in [-0.05, 0) is 36.3 Å². The highest BCUT2D eigenvalue weighted by molar-refractivity contribution is 6.35. The van der Waals surface area contributed by atoms with Crippen LogP contribution in [0.1, 0.15) is 52.0 Å². The summed E-state index contributed by atoms with van der Waals surface area (Å²) < 4.78 is 5.43. The van der Waals surface area contributed by atoms with Gasteiger partial charge in [0.1, 0.15) is 5.75 Å². The lowest BCUT2D eigenvalue weighted by Gasteiger charge is -2.29. The molecule has 1 rings (SSSR count). The first kappa shape index (κ1) is 17.9. The molecule has 20 heavy (non-hydrogen) atoms. The molecular formula is C16H23Cl3O. The topological polar surface area (TPSA) is 9.23 Å². The Kier molecular flexibility index (Phi) is 6.50. The summed E-state index contributed by atoms with van der Waals surface area (Å²) >= 11 is 19.0. The van der Waals surface area contributed by atoms with Crippen molar-refractivity contribution in [2.75, 3.05) is 6.61 Å². The molecule has 4 heteroatoms. The molecule has 0 amide bonds. The minimum Gasteiger partial charge on any atom is -0.492 e. The molecule has 0 aliphatic heterocycles. The molecule has 114 valence electrons. The van der Waals surface area contributed by atoms with Crippen molar-refractivity contribution in [2.24, 2.45) is 11.3 Å². The van der Waals surface area contributed by atoms with E-state index < -0.39 is 0 Å². The summed E-state index contributed by atoms with van der Waals surface area (Å²) in [7, 11) is 0. The lowest BCUT2D eigenvalue weighted by Crippen LogP contribution is -2.18. The van der Waals surface area contributed by atoms with Gasteiger partial charge in [-0.25, -0.2) is 0 Å². The van der Waals surface area contributed by atoms with E-state index in [0.717, 1.165) is 12.0 Å². The molecule has 2 unspecified atom stereocenters. The molecule has 0 spiro atoms. The molecule has 0 aliphatic rings. The number of hydrogen-bond acceptors (Lipinski definition) is 1. The Morgan fingerprint density at radius 2 is 1.75 bits per heavy atom. The third-order valence-corrected chi connectivity index (χ3v) is 4.76. The van der Waals surface area contributed by atoms with E-state index in [4.69, 9.17) is 39.5 Å². The SMILES string of the molecule is CCOc1cc(Cl)c(C(Cl)CC(C)C(C)(C)C)cc1Cl. The van der Waals surface area contributed by atoms with Crippen LogP contribution in [-0.2, 0) is 0 Å². The maximum Gasteiger partial charge on any atom is 0.139 e. The summed E-state index contributed by atoms with van der Waals surface area (Å²) in [6, 6.07) is 3.57. The summed E-state index contributed by atoms with van der Waals surface area (Å²) in [5.74, 6) is 1.09. The van der Waals surface area contributed by atoms with Gasteiger partial charge in [-0.3, -0.25) is 0 Å². The first-order chi connectivity index (χ1) is 9.16. The zero-order valence-corrected chi connectivity index (χ0v) is 15.0. The monoisotopic (exact) mass is 336 g/mol. The average Bonchev–Trinajstić information content (AvgIpc) is 2.32. The summed E-state index contributed by atoms with van der Waals surface area (Å²) in [5, 5.41) is 1.02. The maximum atomic E-state index is 6.53. The van der Waals surface area contributed by atoms with Crippen LogP contribution in [0.5, 0.6) is 5.75 Å². The van der Waals surface area contributed by atoms with Gasteiger partial charge >= 0.3 is 0 Å². The van der Waals surface area contributed by atoms with Crippen LogP contribution >= 0.6 is 34.8 Å². The third-order valence-electron chi connectivity index (χ3n) is 3.73. The van der Waals surface area contributed by atoms with Gasteiger partial charge in [0.15, 0.2) is 0 Å². The number of rotatable bonds is 5. The number of halogens is 3. The summed E-state index contributed by atoms with van der Waals surface area (Å²) in [4.78, 5) is 0. The molecule has 0 fully saturated rings. The van der Waals surface area contributed by atoms with Crippen LogP contribution in [0.25, 0.3) is 0 Å². The third kappa shape index (κ3) is 4.72. The fourth-order valence-corrected chi connectivity index (χ4v) is 2.86. The molecule has 0 aromatic heterocycles. The van der Waals surface area contributed by atoms with Crippen LogP contribution in [0.15, 0.2) is 12.1 Å². The van der Waals surface area contributed by atoms with Crippen LogP contribution in [0.2, 0.25) is 10.0 Å². The lowest BCUT2D eigenvalue weighted by molar-refractivity contribution is 0.245. The van der Waals surface area contributed by atoms with Gasteiger partial charge in [-0.1, -0.05) is 50.9 Å². The average molecular weight is 338 g/mol. The van der Waals surface area contributed by atoms with E-state index in [0.29, 0.717) is 28.3 Å². The minimum absolute atomic E-state index is 0.148. The fourth-order valence-electron chi connectivity index (χ4n) is 1.84. The van der Waals surface area contributed by atoms with Gasteiger partial charge in [0.25, 0.3) is 0 Å². The maximum absolute atomic E-state index is 6.53. The highest BCUT2D eigenvalue weighted by Crippen LogP contribution is 2.41. The number of ether oxygens (including phenoxy) is 1. The molecule has 0 radical (unpaired) electrons. The van der Waals surface area contributed by atoms with Gasteiger partial charge in [0.05, 0.1) is 17.0 Å². The normalized spacial score (nSPS) is 15.0. The van der Waals surface area contributed by atoms with Crippen molar-refractivity contribution in [3.05, 3.63) is 27.7 Å². The second-order valence-corrected chi connectivity index (χ2v) is 7.55. The lowest BCUT2D eigenvalue weighted by atomic mass is 9.79. The second kappa shape index (κ2) is 7.24. The van der Waals surface area contributed by atoms with Gasteiger partial charge in [0, 0.05) is 11.1 Å². The Bertz CT molecular complexity index is 452. The van der Waals surface area contributed by atoms with Crippen molar-refractivity contribution in [1.29, 1.82) is 0 Å². The standard InChI is InChI=1S/C16H23Cl3O/c1-6-20-15-9-13(18)11(8-14(15)19)12(17)7-10(2)16(3,4)5/h8-10,12H,6-7H2,1-5H3. The largest absolute Gasteiger partial charge is 0.492 e. The van der Waals surface area contributed by atoms with E-state index in [1.54, 1.807) is 6.07 Å². The van der Waals surface area contributed by atoms with Gasteiger partial charge in [-0.2, -0.15) is 0 Å². The molecule has 1 aromatic carbocycles. The van der Waals surface area contributed by atoms with Crippen LogP contribution in [0.3, 0.4) is 0 Å². The molecule has 2 atom stereocenters. The summed E-state index contributed by atoms with van der Waals surface area (Å²) in [6.07, 6.45) is 0.856. The van der Waals surface area contributed by atoms with Crippen molar-refractivity contribution in [2.45, 2.75) is 46.4 Å². The highest BCUT2D eigenvalue weighted by atomic mass is 35.5. The van der Waals surface area contributed by atoms with Crippen LogP contribution in [-0.4, -0.2) is 6.61 Å².